The summed E-state index contributed by atoms with van der Waals surface area (Å²) in [4.78, 5) is 50.2. The number of carbonyl (C=O) groups is 4. The SMILES string of the molecule is CC(C)(C)C(=O)OCOP(OCOC(=O)C(C)(C)C)N1CCC(NC(=O)c2[nH]ncc2NC(=O)c2c(Cl)cccc2Cl)CC1. The maximum Gasteiger partial charge on any atom is 0.313 e. The maximum atomic E-state index is 13.1. The van der Waals surface area contributed by atoms with E-state index in [1.807, 2.05) is 4.67 Å². The van der Waals surface area contributed by atoms with Crippen molar-refractivity contribution in [2.75, 3.05) is 32.0 Å². The number of hydrogen-bond donors (Lipinski definition) is 3. The second-order valence-corrected chi connectivity index (χ2v) is 14.4. The summed E-state index contributed by atoms with van der Waals surface area (Å²) < 4.78 is 23.9. The smallest absolute Gasteiger partial charge is 0.313 e. The Morgan fingerprint density at radius 2 is 1.45 bits per heavy atom. The molecule has 1 aromatic carbocycles. The number of ether oxygens (including phenoxy) is 2. The van der Waals surface area contributed by atoms with Crippen LogP contribution in [0.1, 0.15) is 75.2 Å². The number of nitrogens with zero attached hydrogens (tertiary/aromatic N) is 2. The van der Waals surface area contributed by atoms with Gasteiger partial charge in [0.2, 0.25) is 0 Å². The Morgan fingerprint density at radius 3 is 1.95 bits per heavy atom. The lowest BCUT2D eigenvalue weighted by atomic mass is 9.98. The van der Waals surface area contributed by atoms with Gasteiger partial charge in [0.15, 0.2) is 13.6 Å². The molecule has 0 aliphatic carbocycles. The lowest BCUT2D eigenvalue weighted by molar-refractivity contribution is -0.161. The minimum absolute atomic E-state index is 0.0687. The van der Waals surface area contributed by atoms with E-state index < -0.39 is 43.1 Å². The number of anilines is 1. The molecule has 0 spiro atoms. The number of amides is 2. The van der Waals surface area contributed by atoms with Gasteiger partial charge in [0.05, 0.1) is 38.3 Å². The van der Waals surface area contributed by atoms with Crippen molar-refractivity contribution in [3.05, 3.63) is 45.7 Å². The van der Waals surface area contributed by atoms with Crippen molar-refractivity contribution >= 4 is 61.2 Å². The van der Waals surface area contributed by atoms with E-state index in [4.69, 9.17) is 41.7 Å². The molecule has 44 heavy (non-hydrogen) atoms. The van der Waals surface area contributed by atoms with Crippen LogP contribution in [0.25, 0.3) is 0 Å². The first-order chi connectivity index (χ1) is 20.6. The van der Waals surface area contributed by atoms with Crippen molar-refractivity contribution in [3.63, 3.8) is 0 Å². The normalized spacial score (nSPS) is 14.8. The highest BCUT2D eigenvalue weighted by Gasteiger charge is 2.31. The van der Waals surface area contributed by atoms with Crippen LogP contribution in [-0.2, 0) is 28.1 Å². The first-order valence-corrected chi connectivity index (χ1v) is 15.7. The van der Waals surface area contributed by atoms with Crippen molar-refractivity contribution in [2.45, 2.75) is 60.4 Å². The lowest BCUT2D eigenvalue weighted by Gasteiger charge is -2.35. The van der Waals surface area contributed by atoms with Crippen molar-refractivity contribution in [2.24, 2.45) is 10.8 Å². The summed E-state index contributed by atoms with van der Waals surface area (Å²) in [6.45, 7) is 10.6. The van der Waals surface area contributed by atoms with E-state index in [-0.39, 0.29) is 46.6 Å². The fraction of sp³-hybridized carbons (Fsp3) is 0.536. The van der Waals surface area contributed by atoms with E-state index in [9.17, 15) is 19.2 Å². The quantitative estimate of drug-likeness (QED) is 0.157. The molecular formula is C28H38Cl2N5O8P. The molecule has 0 radical (unpaired) electrons. The summed E-state index contributed by atoms with van der Waals surface area (Å²) in [5.41, 5.74) is -1.09. The van der Waals surface area contributed by atoms with E-state index in [0.29, 0.717) is 25.9 Å². The topological polar surface area (TPSA) is 161 Å². The molecule has 1 aliphatic rings. The molecule has 16 heteroatoms. The predicted molar refractivity (Wildman–Crippen MR) is 165 cm³/mol. The number of esters is 2. The molecule has 1 aliphatic heterocycles. The molecule has 1 aromatic heterocycles. The van der Waals surface area contributed by atoms with Gasteiger partial charge in [0.1, 0.15) is 5.69 Å². The number of nitrogens with one attached hydrogen (secondary N) is 3. The molecular weight excluding hydrogens is 636 g/mol. The maximum absolute atomic E-state index is 13.1. The summed E-state index contributed by atoms with van der Waals surface area (Å²) in [7, 11) is -1.75. The molecule has 0 saturated carbocycles. The molecule has 0 bridgehead atoms. The fourth-order valence-corrected chi connectivity index (χ4v) is 5.58. The molecule has 0 atom stereocenters. The van der Waals surface area contributed by atoms with Crippen LogP contribution in [0.15, 0.2) is 24.4 Å². The number of aromatic amines is 1. The third-order valence-electron chi connectivity index (χ3n) is 6.27. The Labute approximate surface area is 267 Å². The van der Waals surface area contributed by atoms with Crippen molar-refractivity contribution in [1.82, 2.24) is 20.2 Å². The molecule has 2 amide bonds. The zero-order valence-electron chi connectivity index (χ0n) is 25.5. The average molecular weight is 675 g/mol. The summed E-state index contributed by atoms with van der Waals surface area (Å²) in [5, 5.41) is 12.4. The van der Waals surface area contributed by atoms with Crippen molar-refractivity contribution < 1.29 is 37.7 Å². The van der Waals surface area contributed by atoms with Crippen LogP contribution in [0.3, 0.4) is 0 Å². The number of piperidine rings is 1. The Balaban J connectivity index is 1.57. The molecule has 13 nitrogen and oxygen atoms in total. The van der Waals surface area contributed by atoms with Gasteiger partial charge in [-0.1, -0.05) is 29.3 Å². The zero-order valence-corrected chi connectivity index (χ0v) is 27.9. The Morgan fingerprint density at radius 1 is 0.932 bits per heavy atom. The second kappa shape index (κ2) is 15.5. The second-order valence-electron chi connectivity index (χ2n) is 12.0. The average Bonchev–Trinajstić information content (AvgIpc) is 3.39. The number of rotatable bonds is 11. The highest BCUT2D eigenvalue weighted by Crippen LogP contribution is 2.44. The van der Waals surface area contributed by atoms with Gasteiger partial charge in [-0.2, -0.15) is 5.10 Å². The van der Waals surface area contributed by atoms with Gasteiger partial charge in [-0.15, -0.1) is 0 Å². The number of H-pyrrole nitrogens is 1. The first-order valence-electron chi connectivity index (χ1n) is 13.8. The number of halogens is 2. The van der Waals surface area contributed by atoms with E-state index in [2.05, 4.69) is 20.8 Å². The van der Waals surface area contributed by atoms with Crippen LogP contribution in [0.4, 0.5) is 5.69 Å². The summed E-state index contributed by atoms with van der Waals surface area (Å²) in [5.74, 6) is -1.91. The number of benzene rings is 1. The molecule has 1 saturated heterocycles. The summed E-state index contributed by atoms with van der Waals surface area (Å²) in [6.07, 6.45) is 2.39. The molecule has 0 unspecified atom stereocenters. The van der Waals surface area contributed by atoms with Crippen LogP contribution in [0.5, 0.6) is 0 Å². The number of hydrogen-bond acceptors (Lipinski definition) is 10. The Bertz CT molecular complexity index is 1280. The Kier molecular flexibility index (Phi) is 12.5. The molecule has 242 valence electrons. The molecule has 3 N–H and O–H groups in total. The van der Waals surface area contributed by atoms with Gasteiger partial charge in [-0.05, 0) is 66.5 Å². The lowest BCUT2D eigenvalue weighted by Crippen LogP contribution is -2.43. The summed E-state index contributed by atoms with van der Waals surface area (Å²) >= 11 is 12.3. The van der Waals surface area contributed by atoms with E-state index in [0.717, 1.165) is 0 Å². The van der Waals surface area contributed by atoms with Gasteiger partial charge < -0.3 is 20.1 Å². The largest absolute Gasteiger partial charge is 0.438 e. The fourth-order valence-electron chi connectivity index (χ4n) is 3.77. The van der Waals surface area contributed by atoms with E-state index >= 15 is 0 Å². The number of aromatic nitrogens is 2. The standard InChI is InChI=1S/C28H38Cl2N5O8P/c1-27(2,3)25(38)40-15-42-44(43-16-41-26(39)28(4,5)6)35-12-10-17(11-13-35)32-24(37)22-20(14-31-34-22)33-23(36)21-18(29)8-7-9-19(21)30/h7-9,14,17H,10-13,15-16H2,1-6H3,(H,31,34)(H,32,37)(H,33,36). The van der Waals surface area contributed by atoms with Gasteiger partial charge in [-0.25, -0.2) is 4.67 Å². The van der Waals surface area contributed by atoms with Crippen molar-refractivity contribution in [1.29, 1.82) is 0 Å². The van der Waals surface area contributed by atoms with Crippen LogP contribution in [0.2, 0.25) is 10.0 Å². The molecule has 2 heterocycles. The van der Waals surface area contributed by atoms with Crippen LogP contribution in [-0.4, -0.2) is 71.3 Å². The van der Waals surface area contributed by atoms with E-state index in [1.165, 1.54) is 18.3 Å². The Hall–Kier alpha value is -2.80. The third kappa shape index (κ3) is 10.1. The molecule has 3 rings (SSSR count). The zero-order chi connectivity index (χ0) is 32.7. The van der Waals surface area contributed by atoms with Crippen LogP contribution < -0.4 is 10.6 Å². The predicted octanol–water partition coefficient (Wildman–Crippen LogP) is 5.52. The third-order valence-corrected chi connectivity index (χ3v) is 8.42. The van der Waals surface area contributed by atoms with Crippen molar-refractivity contribution in [3.8, 4) is 0 Å². The van der Waals surface area contributed by atoms with Gasteiger partial charge in [-0.3, -0.25) is 33.3 Å². The van der Waals surface area contributed by atoms with Gasteiger partial charge in [0.25, 0.3) is 20.3 Å². The van der Waals surface area contributed by atoms with Gasteiger partial charge in [0, 0.05) is 19.1 Å². The molecule has 1 fully saturated rings. The monoisotopic (exact) mass is 673 g/mol. The summed E-state index contributed by atoms with van der Waals surface area (Å²) in [6, 6.07) is 4.49. The highest BCUT2D eigenvalue weighted by molar-refractivity contribution is 7.44. The van der Waals surface area contributed by atoms with E-state index in [1.54, 1.807) is 47.6 Å². The van der Waals surface area contributed by atoms with Crippen LogP contribution in [0, 0.1) is 10.8 Å². The first kappa shape index (κ1) is 35.7. The van der Waals surface area contributed by atoms with Crippen LogP contribution >= 0.6 is 31.7 Å². The van der Waals surface area contributed by atoms with Gasteiger partial charge >= 0.3 is 11.9 Å². The minimum Gasteiger partial charge on any atom is -0.438 e. The number of carbonyl (C=O) groups excluding carboxylic acids is 4. The minimum atomic E-state index is -1.75. The highest BCUT2D eigenvalue weighted by atomic mass is 35.5. The molecule has 2 aromatic rings.